The van der Waals surface area contributed by atoms with Crippen molar-refractivity contribution in [2.45, 2.75) is 6.92 Å². The standard InChI is InChI=1S/C29H19FO4/c1-4-28(31)33-26-11-7-5-10-24(26)18-17-22-15-13-21(19-25(22)30)14-16-23-9-6-8-12-27(23)34-29(32)20(2)3/h4-13,15,19H,1-2H2,3H3. The number of esters is 2. The minimum absolute atomic E-state index is 0.159. The van der Waals surface area contributed by atoms with Crippen molar-refractivity contribution in [1.82, 2.24) is 0 Å². The van der Waals surface area contributed by atoms with Gasteiger partial charge in [0.1, 0.15) is 17.3 Å². The molecule has 0 unspecified atom stereocenters. The van der Waals surface area contributed by atoms with Crippen LogP contribution in [0.2, 0.25) is 0 Å². The average Bonchev–Trinajstić information content (AvgIpc) is 2.83. The maximum absolute atomic E-state index is 14.6. The SMILES string of the molecule is C=CC(=O)Oc1ccccc1C#Cc1ccc(C#Cc2ccccc2OC(=O)C(=C)C)cc1F. The van der Waals surface area contributed by atoms with E-state index in [0.717, 1.165) is 6.08 Å². The summed E-state index contributed by atoms with van der Waals surface area (Å²) in [5.74, 6) is 10.2. The molecule has 0 spiro atoms. The summed E-state index contributed by atoms with van der Waals surface area (Å²) in [5, 5.41) is 0. The zero-order chi connectivity index (χ0) is 24.5. The molecule has 0 amide bonds. The first-order valence-electron chi connectivity index (χ1n) is 10.1. The number of carbonyl (C=O) groups is 2. The highest BCUT2D eigenvalue weighted by Gasteiger charge is 2.08. The van der Waals surface area contributed by atoms with Crippen LogP contribution >= 0.6 is 0 Å². The zero-order valence-corrected chi connectivity index (χ0v) is 18.4. The highest BCUT2D eigenvalue weighted by atomic mass is 19.1. The number of hydrogen-bond acceptors (Lipinski definition) is 4. The molecule has 3 aromatic carbocycles. The van der Waals surface area contributed by atoms with Crippen molar-refractivity contribution in [2.24, 2.45) is 0 Å². The predicted molar refractivity (Wildman–Crippen MR) is 128 cm³/mol. The molecule has 0 bridgehead atoms. The summed E-state index contributed by atoms with van der Waals surface area (Å²) in [7, 11) is 0. The molecule has 3 rings (SSSR count). The lowest BCUT2D eigenvalue weighted by atomic mass is 10.1. The van der Waals surface area contributed by atoms with E-state index in [-0.39, 0.29) is 16.9 Å². The minimum Gasteiger partial charge on any atom is -0.422 e. The molecule has 0 N–H and O–H groups in total. The molecular formula is C29H19FO4. The maximum Gasteiger partial charge on any atom is 0.338 e. The second-order valence-corrected chi connectivity index (χ2v) is 6.98. The van der Waals surface area contributed by atoms with Crippen LogP contribution in [0, 0.1) is 29.5 Å². The number of halogens is 1. The first-order chi connectivity index (χ1) is 16.4. The smallest absolute Gasteiger partial charge is 0.338 e. The van der Waals surface area contributed by atoms with Crippen LogP contribution < -0.4 is 9.47 Å². The van der Waals surface area contributed by atoms with Crippen molar-refractivity contribution in [2.75, 3.05) is 0 Å². The predicted octanol–water partition coefficient (Wildman–Crippen LogP) is 5.20. The molecule has 34 heavy (non-hydrogen) atoms. The van der Waals surface area contributed by atoms with Crippen molar-refractivity contribution in [3.05, 3.63) is 120 Å². The third kappa shape index (κ3) is 6.32. The largest absolute Gasteiger partial charge is 0.422 e. The van der Waals surface area contributed by atoms with E-state index in [4.69, 9.17) is 9.47 Å². The first kappa shape index (κ1) is 23.8. The van der Waals surface area contributed by atoms with Gasteiger partial charge in [0, 0.05) is 17.2 Å². The fourth-order valence-electron chi connectivity index (χ4n) is 2.62. The fraction of sp³-hybridized carbons (Fsp3) is 0.0345. The Hall–Kier alpha value is -4.87. The lowest BCUT2D eigenvalue weighted by molar-refractivity contribution is -0.130. The molecule has 0 aromatic heterocycles. The molecule has 166 valence electrons. The Labute approximate surface area is 197 Å². The van der Waals surface area contributed by atoms with E-state index in [1.165, 1.54) is 12.1 Å². The second kappa shape index (κ2) is 11.1. The van der Waals surface area contributed by atoms with Gasteiger partial charge >= 0.3 is 11.9 Å². The highest BCUT2D eigenvalue weighted by molar-refractivity contribution is 5.89. The molecule has 4 nitrogen and oxygen atoms in total. The molecule has 0 saturated heterocycles. The third-order valence-corrected chi connectivity index (χ3v) is 4.34. The van der Waals surface area contributed by atoms with Crippen LogP contribution in [-0.2, 0) is 9.59 Å². The number of para-hydroxylation sites is 2. The van der Waals surface area contributed by atoms with Gasteiger partial charge in [-0.05, 0) is 49.4 Å². The van der Waals surface area contributed by atoms with E-state index in [9.17, 15) is 14.0 Å². The van der Waals surface area contributed by atoms with Crippen LogP contribution in [-0.4, -0.2) is 11.9 Å². The average molecular weight is 450 g/mol. The number of rotatable bonds is 4. The Bertz CT molecular complexity index is 1410. The van der Waals surface area contributed by atoms with E-state index in [2.05, 4.69) is 36.8 Å². The number of benzene rings is 3. The van der Waals surface area contributed by atoms with Crippen molar-refractivity contribution < 1.29 is 23.5 Å². The third-order valence-electron chi connectivity index (χ3n) is 4.34. The number of carbonyl (C=O) groups excluding carboxylic acids is 2. The summed E-state index contributed by atoms with van der Waals surface area (Å²) in [5.41, 5.74) is 1.76. The van der Waals surface area contributed by atoms with Crippen LogP contribution in [0.4, 0.5) is 4.39 Å². The normalized spacial score (nSPS) is 9.47. The van der Waals surface area contributed by atoms with Gasteiger partial charge in [0.2, 0.25) is 0 Å². The summed E-state index contributed by atoms with van der Waals surface area (Å²) >= 11 is 0. The van der Waals surface area contributed by atoms with E-state index >= 15 is 0 Å². The molecule has 0 heterocycles. The van der Waals surface area contributed by atoms with Crippen molar-refractivity contribution >= 4 is 11.9 Å². The Morgan fingerprint density at radius 3 is 1.97 bits per heavy atom. The topological polar surface area (TPSA) is 52.6 Å². The van der Waals surface area contributed by atoms with Gasteiger partial charge in [-0.1, -0.05) is 61.1 Å². The van der Waals surface area contributed by atoms with Crippen molar-refractivity contribution in [3.8, 4) is 35.2 Å². The Balaban J connectivity index is 1.83. The molecule has 0 aliphatic carbocycles. The molecule has 0 saturated carbocycles. The van der Waals surface area contributed by atoms with Gasteiger partial charge in [0.15, 0.2) is 0 Å². The summed E-state index contributed by atoms with van der Waals surface area (Å²) < 4.78 is 25.1. The number of ether oxygens (including phenoxy) is 2. The maximum atomic E-state index is 14.6. The Morgan fingerprint density at radius 2 is 1.38 bits per heavy atom. The molecule has 0 radical (unpaired) electrons. The van der Waals surface area contributed by atoms with Crippen LogP contribution in [0.25, 0.3) is 0 Å². The molecule has 0 aliphatic heterocycles. The Kier molecular flexibility index (Phi) is 7.79. The first-order valence-corrected chi connectivity index (χ1v) is 10.1. The monoisotopic (exact) mass is 450 g/mol. The fourth-order valence-corrected chi connectivity index (χ4v) is 2.62. The van der Waals surface area contributed by atoms with Gasteiger partial charge in [-0.15, -0.1) is 0 Å². The molecule has 5 heteroatoms. The van der Waals surface area contributed by atoms with Crippen LogP contribution in [0.15, 0.2) is 91.5 Å². The van der Waals surface area contributed by atoms with Gasteiger partial charge in [0.25, 0.3) is 0 Å². The van der Waals surface area contributed by atoms with E-state index < -0.39 is 17.8 Å². The molecule has 0 aliphatic rings. The molecule has 0 atom stereocenters. The van der Waals surface area contributed by atoms with Crippen molar-refractivity contribution in [3.63, 3.8) is 0 Å². The quantitative estimate of drug-likeness (QED) is 0.237. The second-order valence-electron chi connectivity index (χ2n) is 6.98. The summed E-state index contributed by atoms with van der Waals surface area (Å²) in [6, 6.07) is 17.9. The van der Waals surface area contributed by atoms with Crippen LogP contribution in [0.5, 0.6) is 11.5 Å². The minimum atomic E-state index is -0.612. The lowest BCUT2D eigenvalue weighted by Gasteiger charge is -2.05. The van der Waals surface area contributed by atoms with E-state index in [1.807, 2.05) is 0 Å². The molecule has 0 fully saturated rings. The summed E-state index contributed by atoms with van der Waals surface area (Å²) in [6.07, 6.45) is 1.05. The van der Waals surface area contributed by atoms with Gasteiger partial charge in [0.05, 0.1) is 16.7 Å². The zero-order valence-electron chi connectivity index (χ0n) is 18.4. The van der Waals surface area contributed by atoms with Crippen molar-refractivity contribution in [1.29, 1.82) is 0 Å². The van der Waals surface area contributed by atoms with Gasteiger partial charge < -0.3 is 9.47 Å². The van der Waals surface area contributed by atoms with Gasteiger partial charge in [-0.25, -0.2) is 14.0 Å². The van der Waals surface area contributed by atoms with Crippen LogP contribution in [0.1, 0.15) is 29.2 Å². The lowest BCUT2D eigenvalue weighted by Crippen LogP contribution is -2.09. The van der Waals surface area contributed by atoms with E-state index in [0.29, 0.717) is 22.4 Å². The summed E-state index contributed by atoms with van der Waals surface area (Å²) in [6.45, 7) is 8.47. The molecular weight excluding hydrogens is 431 g/mol. The molecule has 3 aromatic rings. The van der Waals surface area contributed by atoms with Gasteiger partial charge in [-0.2, -0.15) is 0 Å². The van der Waals surface area contributed by atoms with Crippen LogP contribution in [0.3, 0.4) is 0 Å². The highest BCUT2D eigenvalue weighted by Crippen LogP contribution is 2.19. The number of hydrogen-bond donors (Lipinski definition) is 0. The Morgan fingerprint density at radius 1 is 0.824 bits per heavy atom. The van der Waals surface area contributed by atoms with E-state index in [1.54, 1.807) is 61.5 Å². The summed E-state index contributed by atoms with van der Waals surface area (Å²) in [4.78, 5) is 23.3. The van der Waals surface area contributed by atoms with Gasteiger partial charge in [-0.3, -0.25) is 0 Å².